The van der Waals surface area contributed by atoms with Crippen molar-refractivity contribution in [2.75, 3.05) is 0 Å². The molecule has 0 amide bonds. The number of hydrogen-bond acceptors (Lipinski definition) is 7. The molecule has 0 aliphatic rings. The number of carboxylic acids is 1. The monoisotopic (exact) mass is 330 g/mol. The summed E-state index contributed by atoms with van der Waals surface area (Å²) in [6.07, 6.45) is -5.56. The Balaban J connectivity index is 0. The highest BCUT2D eigenvalue weighted by Crippen LogP contribution is 2.13. The predicted molar refractivity (Wildman–Crippen MR) is 61.1 cm³/mol. The molecule has 0 fully saturated rings. The van der Waals surface area contributed by atoms with Crippen LogP contribution in [0.1, 0.15) is 33.1 Å². The Morgan fingerprint density at radius 3 is 1.55 bits per heavy atom. The minimum atomic E-state index is -5.08. The van der Waals surface area contributed by atoms with Gasteiger partial charge in [-0.05, 0) is 0 Å². The lowest BCUT2D eigenvalue weighted by Gasteiger charge is -2.00. The average molecular weight is 330 g/mol. The summed E-state index contributed by atoms with van der Waals surface area (Å²) >= 11 is 0. The number of aliphatic carboxylic acids is 1. The zero-order valence-corrected chi connectivity index (χ0v) is 11.6. The molecule has 1 N–H and O–H groups in total. The maximum absolute atomic E-state index is 10.9. The molecule has 0 rings (SSSR count). The number of carboxylic acid groups (broad SMARTS) is 1. The van der Waals surface area contributed by atoms with Crippen LogP contribution in [0, 0.1) is 0 Å². The molecule has 0 saturated heterocycles. The maximum atomic E-state index is 10.9. The van der Waals surface area contributed by atoms with E-state index in [1.807, 2.05) is 0 Å². The number of halogens is 3. The van der Waals surface area contributed by atoms with Crippen LogP contribution in [0.3, 0.4) is 0 Å². The van der Waals surface area contributed by atoms with Crippen molar-refractivity contribution in [3.63, 3.8) is 0 Å². The number of rotatable bonds is 4. The fourth-order valence-electron chi connectivity index (χ4n) is 0.666. The first-order valence-corrected chi connectivity index (χ1v) is 5.65. The van der Waals surface area contributed by atoms with Crippen LogP contribution < -0.4 is 0 Å². The molecule has 0 aliphatic carbocycles. The third-order valence-electron chi connectivity index (χ3n) is 1.55. The van der Waals surface area contributed by atoms with Crippen LogP contribution >= 0.6 is 0 Å². The predicted octanol–water partition coefficient (Wildman–Crippen LogP) is 0.969. The van der Waals surface area contributed by atoms with E-state index >= 15 is 0 Å². The van der Waals surface area contributed by atoms with Gasteiger partial charge >= 0.3 is 36.0 Å². The summed E-state index contributed by atoms with van der Waals surface area (Å²) in [5.41, 5.74) is 0. The van der Waals surface area contributed by atoms with Gasteiger partial charge in [0.1, 0.15) is 0 Å². The number of hydrogen-bond donors (Lipinski definition) is 1. The molecule has 0 aliphatic heterocycles. The Morgan fingerprint density at radius 1 is 0.909 bits per heavy atom. The van der Waals surface area contributed by atoms with Gasteiger partial charge in [0.2, 0.25) is 0 Å². The molecule has 0 spiro atoms. The molecule has 0 heterocycles. The van der Waals surface area contributed by atoms with E-state index in [0.717, 1.165) is 6.92 Å². The molecule has 0 aromatic heterocycles. The highest BCUT2D eigenvalue weighted by molar-refractivity contribution is 5.89. The van der Waals surface area contributed by atoms with E-state index in [1.165, 1.54) is 0 Å². The quantitative estimate of drug-likeness (QED) is 0.597. The van der Waals surface area contributed by atoms with E-state index in [0.29, 0.717) is 0 Å². The molecule has 126 valence electrons. The zero-order valence-electron chi connectivity index (χ0n) is 11.6. The van der Waals surface area contributed by atoms with Gasteiger partial charge in [-0.2, -0.15) is 13.2 Å². The molecular weight excluding hydrogens is 317 g/mol. The van der Waals surface area contributed by atoms with Crippen molar-refractivity contribution >= 4 is 29.8 Å². The smallest absolute Gasteiger partial charge is 0.475 e. The molecule has 8 nitrogen and oxygen atoms in total. The van der Waals surface area contributed by atoms with Gasteiger partial charge in [-0.15, -0.1) is 0 Å². The number of alkyl halides is 3. The Hall–Kier alpha value is -2.46. The lowest BCUT2D eigenvalue weighted by molar-refractivity contribution is -0.192. The Kier molecular flexibility index (Phi) is 10.2. The average Bonchev–Trinajstić information content (AvgIpc) is 2.35. The summed E-state index contributed by atoms with van der Waals surface area (Å²) in [6, 6.07) is 0. The van der Waals surface area contributed by atoms with Crippen LogP contribution in [-0.4, -0.2) is 41.1 Å². The second kappa shape index (κ2) is 10.3. The van der Waals surface area contributed by atoms with Gasteiger partial charge in [-0.3, -0.25) is 19.2 Å². The Morgan fingerprint density at radius 2 is 1.27 bits per heavy atom. The van der Waals surface area contributed by atoms with Gasteiger partial charge in [0.15, 0.2) is 0 Å². The summed E-state index contributed by atoms with van der Waals surface area (Å²) in [5, 5.41) is 7.12. The molecule has 22 heavy (non-hydrogen) atoms. The van der Waals surface area contributed by atoms with Gasteiger partial charge in [0, 0.05) is 13.3 Å². The van der Waals surface area contributed by atoms with Crippen molar-refractivity contribution in [3.05, 3.63) is 0 Å². The Bertz CT molecular complexity index is 441. The van der Waals surface area contributed by atoms with Crippen LogP contribution in [0.4, 0.5) is 13.2 Å². The van der Waals surface area contributed by atoms with E-state index in [2.05, 4.69) is 9.47 Å². The maximum Gasteiger partial charge on any atom is 0.490 e. The molecule has 0 aromatic carbocycles. The molecular formula is C11H13F3O8. The highest BCUT2D eigenvalue weighted by Gasteiger charge is 2.38. The normalized spacial score (nSPS) is 9.86. The minimum absolute atomic E-state index is 0.0869. The second-order valence-electron chi connectivity index (χ2n) is 3.47. The summed E-state index contributed by atoms with van der Waals surface area (Å²) in [7, 11) is 0. The number of esters is 4. The van der Waals surface area contributed by atoms with E-state index in [1.54, 1.807) is 6.92 Å². The number of carbonyl (C=O) groups excluding carboxylic acids is 4. The van der Waals surface area contributed by atoms with E-state index in [9.17, 15) is 32.3 Å². The molecule has 0 bridgehead atoms. The summed E-state index contributed by atoms with van der Waals surface area (Å²) in [6.45, 7) is 2.62. The zero-order chi connectivity index (χ0) is 17.9. The molecule has 0 atom stereocenters. The molecule has 11 heteroatoms. The van der Waals surface area contributed by atoms with Crippen LogP contribution in [0.5, 0.6) is 0 Å². The largest absolute Gasteiger partial charge is 0.490 e. The lowest BCUT2D eigenvalue weighted by Crippen LogP contribution is -2.21. The van der Waals surface area contributed by atoms with Crippen molar-refractivity contribution < 1.29 is 51.7 Å². The molecule has 0 aromatic rings. The van der Waals surface area contributed by atoms with Crippen LogP contribution in [-0.2, 0) is 33.4 Å². The van der Waals surface area contributed by atoms with E-state index in [-0.39, 0.29) is 19.3 Å². The van der Waals surface area contributed by atoms with Crippen LogP contribution in [0.2, 0.25) is 0 Å². The third-order valence-corrected chi connectivity index (χ3v) is 1.55. The van der Waals surface area contributed by atoms with Crippen molar-refractivity contribution in [2.24, 2.45) is 0 Å². The summed E-state index contributed by atoms with van der Waals surface area (Å²) in [5.74, 6) is -5.77. The fourth-order valence-corrected chi connectivity index (χ4v) is 0.666. The van der Waals surface area contributed by atoms with E-state index in [4.69, 9.17) is 9.90 Å². The fraction of sp³-hybridized carbons (Fsp3) is 0.545. The van der Waals surface area contributed by atoms with Crippen molar-refractivity contribution in [2.45, 2.75) is 39.3 Å². The van der Waals surface area contributed by atoms with Crippen molar-refractivity contribution in [1.29, 1.82) is 0 Å². The number of ether oxygens (including phenoxy) is 2. The summed E-state index contributed by atoms with van der Waals surface area (Å²) < 4.78 is 40.2. The van der Waals surface area contributed by atoms with Crippen LogP contribution in [0.25, 0.3) is 0 Å². The first kappa shape index (κ1) is 21.8. The molecule has 0 saturated carbocycles. The van der Waals surface area contributed by atoms with E-state index < -0.39 is 36.0 Å². The molecule has 0 radical (unpaired) electrons. The minimum Gasteiger partial charge on any atom is -0.475 e. The van der Waals surface area contributed by atoms with Gasteiger partial charge < -0.3 is 14.6 Å². The third kappa shape index (κ3) is 14.0. The highest BCUT2D eigenvalue weighted by atomic mass is 19.4. The standard InChI is InChI=1S/C9H12O6.C2HF3O2/c1-3-7(11)15-9(13)5-4-8(12)14-6(2)10;3-2(4,5)1(6)7/h3-5H2,1-2H3;(H,6,7). The van der Waals surface area contributed by atoms with Crippen molar-refractivity contribution in [3.8, 4) is 0 Å². The first-order chi connectivity index (χ1) is 9.89. The van der Waals surface area contributed by atoms with Gasteiger partial charge in [0.05, 0.1) is 12.8 Å². The first-order valence-electron chi connectivity index (χ1n) is 5.65. The van der Waals surface area contributed by atoms with Gasteiger partial charge in [-0.1, -0.05) is 6.92 Å². The van der Waals surface area contributed by atoms with Crippen LogP contribution in [0.15, 0.2) is 0 Å². The summed E-state index contributed by atoms with van der Waals surface area (Å²) in [4.78, 5) is 51.5. The second-order valence-corrected chi connectivity index (χ2v) is 3.47. The topological polar surface area (TPSA) is 124 Å². The molecule has 0 unspecified atom stereocenters. The van der Waals surface area contributed by atoms with Gasteiger partial charge in [-0.25, -0.2) is 4.79 Å². The number of carbonyl (C=O) groups is 5. The lowest BCUT2D eigenvalue weighted by atomic mass is 10.3. The SMILES string of the molecule is CCC(=O)OC(=O)CCC(=O)OC(C)=O.O=C(O)C(F)(F)F. The Labute approximate surface area is 122 Å². The van der Waals surface area contributed by atoms with Crippen molar-refractivity contribution in [1.82, 2.24) is 0 Å². The van der Waals surface area contributed by atoms with Gasteiger partial charge in [0.25, 0.3) is 0 Å².